The SMILES string of the molecule is COc1ccc(C(CC(=O)Nc2c(C)n(C)n(-c3ccccc3)c2=O)NC(=O)C(F)(F)F)cc1. The molecule has 8 nitrogen and oxygen atoms in total. The molecule has 0 spiro atoms. The van der Waals surface area contributed by atoms with Gasteiger partial charge in [0.05, 0.1) is 31.0 Å². The molecule has 3 aromatic rings. The summed E-state index contributed by atoms with van der Waals surface area (Å²) in [7, 11) is 3.07. The van der Waals surface area contributed by atoms with E-state index >= 15 is 0 Å². The maximum Gasteiger partial charge on any atom is 0.471 e. The van der Waals surface area contributed by atoms with Crippen LogP contribution >= 0.6 is 0 Å². The van der Waals surface area contributed by atoms with Crippen LogP contribution < -0.4 is 20.9 Å². The van der Waals surface area contributed by atoms with Crippen molar-refractivity contribution >= 4 is 17.5 Å². The summed E-state index contributed by atoms with van der Waals surface area (Å²) < 4.78 is 46.5. The van der Waals surface area contributed by atoms with Crippen LogP contribution in [0.5, 0.6) is 5.75 Å². The number of halogens is 3. The normalized spacial score (nSPS) is 12.2. The third-order valence-electron chi connectivity index (χ3n) is 5.29. The van der Waals surface area contributed by atoms with Gasteiger partial charge in [-0.3, -0.25) is 19.1 Å². The Bertz CT molecular complexity index is 1230. The highest BCUT2D eigenvalue weighted by Crippen LogP contribution is 2.24. The highest BCUT2D eigenvalue weighted by atomic mass is 19.4. The molecular formula is C23H23F3N4O4. The Morgan fingerprint density at radius 1 is 1.06 bits per heavy atom. The predicted molar refractivity (Wildman–Crippen MR) is 119 cm³/mol. The smallest absolute Gasteiger partial charge is 0.471 e. The number of hydrogen-bond donors (Lipinski definition) is 2. The Balaban J connectivity index is 1.87. The second-order valence-corrected chi connectivity index (χ2v) is 7.49. The van der Waals surface area contributed by atoms with E-state index in [2.05, 4.69) is 5.32 Å². The summed E-state index contributed by atoms with van der Waals surface area (Å²) in [6.45, 7) is 1.63. The molecule has 1 heterocycles. The largest absolute Gasteiger partial charge is 0.497 e. The number of nitrogens with one attached hydrogen (secondary N) is 2. The average molecular weight is 476 g/mol. The number of amides is 2. The van der Waals surface area contributed by atoms with E-state index in [1.165, 1.54) is 36.1 Å². The van der Waals surface area contributed by atoms with E-state index < -0.39 is 36.0 Å². The minimum absolute atomic E-state index is 0.00742. The van der Waals surface area contributed by atoms with Gasteiger partial charge in [-0.1, -0.05) is 30.3 Å². The summed E-state index contributed by atoms with van der Waals surface area (Å²) in [6, 6.07) is 13.3. The molecule has 180 valence electrons. The van der Waals surface area contributed by atoms with Gasteiger partial charge in [0.2, 0.25) is 5.91 Å². The fourth-order valence-electron chi connectivity index (χ4n) is 3.42. The van der Waals surface area contributed by atoms with Crippen LogP contribution in [0.25, 0.3) is 5.69 Å². The molecule has 2 N–H and O–H groups in total. The van der Waals surface area contributed by atoms with Gasteiger partial charge < -0.3 is 15.4 Å². The van der Waals surface area contributed by atoms with Gasteiger partial charge in [0.25, 0.3) is 5.56 Å². The van der Waals surface area contributed by atoms with Crippen LogP contribution in [-0.4, -0.2) is 34.5 Å². The fourth-order valence-corrected chi connectivity index (χ4v) is 3.42. The van der Waals surface area contributed by atoms with Gasteiger partial charge in [-0.15, -0.1) is 0 Å². The lowest BCUT2D eigenvalue weighted by molar-refractivity contribution is -0.174. The van der Waals surface area contributed by atoms with Crippen molar-refractivity contribution in [2.75, 3.05) is 12.4 Å². The molecule has 0 fully saturated rings. The summed E-state index contributed by atoms with van der Waals surface area (Å²) in [4.78, 5) is 37.3. The van der Waals surface area contributed by atoms with Gasteiger partial charge in [0, 0.05) is 7.05 Å². The van der Waals surface area contributed by atoms with Crippen molar-refractivity contribution < 1.29 is 27.5 Å². The molecular weight excluding hydrogens is 453 g/mol. The maximum absolute atomic E-state index is 13.0. The van der Waals surface area contributed by atoms with E-state index in [0.29, 0.717) is 17.1 Å². The first-order valence-electron chi connectivity index (χ1n) is 10.2. The Labute approximate surface area is 192 Å². The minimum atomic E-state index is -5.12. The number of carbonyl (C=O) groups excluding carboxylic acids is 2. The molecule has 1 aromatic heterocycles. The van der Waals surface area contributed by atoms with E-state index in [9.17, 15) is 27.6 Å². The molecule has 1 atom stereocenters. The molecule has 0 saturated heterocycles. The van der Waals surface area contributed by atoms with Gasteiger partial charge in [-0.2, -0.15) is 13.2 Å². The van der Waals surface area contributed by atoms with Crippen LogP contribution in [0, 0.1) is 6.92 Å². The second kappa shape index (κ2) is 9.86. The molecule has 0 aliphatic rings. The Morgan fingerprint density at radius 3 is 2.24 bits per heavy atom. The van der Waals surface area contributed by atoms with Crippen LogP contribution in [0.4, 0.5) is 18.9 Å². The first kappa shape index (κ1) is 24.6. The van der Waals surface area contributed by atoms with Crippen molar-refractivity contribution in [1.82, 2.24) is 14.7 Å². The summed E-state index contributed by atoms with van der Waals surface area (Å²) in [5.74, 6) is -2.46. The number of carbonyl (C=O) groups is 2. The van der Waals surface area contributed by atoms with Crippen LogP contribution in [-0.2, 0) is 16.6 Å². The van der Waals surface area contributed by atoms with Gasteiger partial charge in [0.1, 0.15) is 11.4 Å². The molecule has 34 heavy (non-hydrogen) atoms. The Hall–Kier alpha value is -4.02. The number of rotatable bonds is 7. The molecule has 0 bridgehead atoms. The monoisotopic (exact) mass is 476 g/mol. The lowest BCUT2D eigenvalue weighted by atomic mass is 10.0. The van der Waals surface area contributed by atoms with Crippen LogP contribution in [0.15, 0.2) is 59.4 Å². The first-order chi connectivity index (χ1) is 16.0. The Morgan fingerprint density at radius 2 is 1.68 bits per heavy atom. The zero-order valence-corrected chi connectivity index (χ0v) is 18.6. The topological polar surface area (TPSA) is 94.4 Å². The predicted octanol–water partition coefficient (Wildman–Crippen LogP) is 3.24. The third kappa shape index (κ3) is 5.30. The first-order valence-corrected chi connectivity index (χ1v) is 10.2. The quantitative estimate of drug-likeness (QED) is 0.548. The van der Waals surface area contributed by atoms with E-state index in [0.717, 1.165) is 0 Å². The van der Waals surface area contributed by atoms with Crippen LogP contribution in [0.2, 0.25) is 0 Å². The van der Waals surface area contributed by atoms with E-state index in [1.807, 2.05) is 5.32 Å². The van der Waals surface area contributed by atoms with Gasteiger partial charge in [-0.25, -0.2) is 4.68 Å². The van der Waals surface area contributed by atoms with Gasteiger partial charge >= 0.3 is 12.1 Å². The van der Waals surface area contributed by atoms with Crippen molar-refractivity contribution in [3.63, 3.8) is 0 Å². The lowest BCUT2D eigenvalue weighted by Gasteiger charge is -2.20. The summed E-state index contributed by atoms with van der Waals surface area (Å²) >= 11 is 0. The zero-order valence-electron chi connectivity index (χ0n) is 18.6. The minimum Gasteiger partial charge on any atom is -0.497 e. The average Bonchev–Trinajstić information content (AvgIpc) is 3.01. The number of ether oxygens (including phenoxy) is 1. The summed E-state index contributed by atoms with van der Waals surface area (Å²) in [5.41, 5.74) is 0.779. The van der Waals surface area contributed by atoms with Gasteiger partial charge in [-0.05, 0) is 36.8 Å². The van der Waals surface area contributed by atoms with Crippen LogP contribution in [0.1, 0.15) is 23.7 Å². The fraction of sp³-hybridized carbons (Fsp3) is 0.261. The summed E-state index contributed by atoms with van der Waals surface area (Å²) in [6.07, 6.45) is -5.66. The number of alkyl halides is 3. The molecule has 1 unspecified atom stereocenters. The van der Waals surface area contributed by atoms with Crippen molar-refractivity contribution in [3.05, 3.63) is 76.2 Å². The maximum atomic E-state index is 13.0. The molecule has 2 amide bonds. The summed E-state index contributed by atoms with van der Waals surface area (Å²) in [5, 5.41) is 4.34. The van der Waals surface area contributed by atoms with Gasteiger partial charge in [0.15, 0.2) is 0 Å². The number of nitrogens with zero attached hydrogens (tertiary/aromatic N) is 2. The van der Waals surface area contributed by atoms with Crippen molar-refractivity contribution in [3.8, 4) is 11.4 Å². The Kier molecular flexibility index (Phi) is 7.14. The molecule has 0 aliphatic carbocycles. The highest BCUT2D eigenvalue weighted by Gasteiger charge is 2.40. The molecule has 0 aliphatic heterocycles. The standard InChI is InChI=1S/C23H23F3N4O4/c1-14-20(21(32)30(29(14)2)16-7-5-4-6-8-16)28-19(31)13-18(27-22(33)23(24,25)26)15-9-11-17(34-3)12-10-15/h4-12,18H,13H2,1-3H3,(H,27,33)(H,28,31). The number of aromatic nitrogens is 2. The molecule has 0 radical (unpaired) electrons. The lowest BCUT2D eigenvalue weighted by Crippen LogP contribution is -2.40. The highest BCUT2D eigenvalue weighted by molar-refractivity contribution is 5.92. The van der Waals surface area contributed by atoms with E-state index in [4.69, 9.17) is 4.74 Å². The number of benzene rings is 2. The second-order valence-electron chi connectivity index (χ2n) is 7.49. The molecule has 11 heteroatoms. The van der Waals surface area contributed by atoms with Crippen molar-refractivity contribution in [1.29, 1.82) is 0 Å². The number of anilines is 1. The number of hydrogen-bond acceptors (Lipinski definition) is 4. The third-order valence-corrected chi connectivity index (χ3v) is 5.29. The molecule has 2 aromatic carbocycles. The molecule has 0 saturated carbocycles. The number of methoxy groups -OCH3 is 1. The number of para-hydroxylation sites is 1. The van der Waals surface area contributed by atoms with E-state index in [-0.39, 0.29) is 11.3 Å². The van der Waals surface area contributed by atoms with E-state index in [1.54, 1.807) is 49.0 Å². The van der Waals surface area contributed by atoms with Crippen molar-refractivity contribution in [2.24, 2.45) is 7.05 Å². The van der Waals surface area contributed by atoms with Crippen molar-refractivity contribution in [2.45, 2.75) is 25.6 Å². The molecule has 3 rings (SSSR count). The van der Waals surface area contributed by atoms with Crippen LogP contribution in [0.3, 0.4) is 0 Å². The zero-order chi connectivity index (χ0) is 25.0.